The number of carbonyl (C=O) groups is 1. The van der Waals surface area contributed by atoms with Crippen molar-refractivity contribution in [2.24, 2.45) is 17.9 Å². The molecule has 1 heterocycles. The monoisotopic (exact) mass is 210 g/mol. The SMILES string of the molecule is CC(=O)O/N=C(\N)c1nccn(C)c1=O. The van der Waals surface area contributed by atoms with Gasteiger partial charge >= 0.3 is 5.97 Å². The van der Waals surface area contributed by atoms with Crippen LogP contribution in [0.5, 0.6) is 0 Å². The van der Waals surface area contributed by atoms with Gasteiger partial charge in [0.25, 0.3) is 5.56 Å². The number of amidine groups is 1. The van der Waals surface area contributed by atoms with Gasteiger partial charge in [-0.3, -0.25) is 4.79 Å². The first kappa shape index (κ1) is 10.9. The van der Waals surface area contributed by atoms with Crippen molar-refractivity contribution in [2.75, 3.05) is 0 Å². The number of hydrogen-bond acceptors (Lipinski definition) is 5. The predicted molar refractivity (Wildman–Crippen MR) is 52.0 cm³/mol. The normalized spacial score (nSPS) is 11.2. The van der Waals surface area contributed by atoms with E-state index in [1.165, 1.54) is 23.9 Å². The summed E-state index contributed by atoms with van der Waals surface area (Å²) in [6.07, 6.45) is 2.87. The molecule has 0 saturated carbocycles. The van der Waals surface area contributed by atoms with E-state index in [0.29, 0.717) is 0 Å². The Balaban J connectivity index is 3.06. The maximum Gasteiger partial charge on any atom is 0.332 e. The van der Waals surface area contributed by atoms with Crippen LogP contribution in [0.25, 0.3) is 0 Å². The summed E-state index contributed by atoms with van der Waals surface area (Å²) >= 11 is 0. The Kier molecular flexibility index (Phi) is 3.17. The van der Waals surface area contributed by atoms with Crippen molar-refractivity contribution in [3.63, 3.8) is 0 Å². The highest BCUT2D eigenvalue weighted by molar-refractivity contribution is 5.95. The highest BCUT2D eigenvalue weighted by atomic mass is 16.7. The van der Waals surface area contributed by atoms with Crippen LogP contribution in [0.2, 0.25) is 0 Å². The summed E-state index contributed by atoms with van der Waals surface area (Å²) in [6, 6.07) is 0. The quantitative estimate of drug-likeness (QED) is 0.291. The number of aryl methyl sites for hydroxylation is 1. The van der Waals surface area contributed by atoms with Crippen molar-refractivity contribution >= 4 is 11.8 Å². The zero-order valence-corrected chi connectivity index (χ0v) is 8.30. The Labute approximate surface area is 85.2 Å². The topological polar surface area (TPSA) is 99.6 Å². The molecule has 15 heavy (non-hydrogen) atoms. The van der Waals surface area contributed by atoms with Crippen molar-refractivity contribution in [3.8, 4) is 0 Å². The van der Waals surface area contributed by atoms with Crippen LogP contribution < -0.4 is 11.3 Å². The van der Waals surface area contributed by atoms with Crippen molar-refractivity contribution in [2.45, 2.75) is 6.92 Å². The molecule has 0 spiro atoms. The van der Waals surface area contributed by atoms with E-state index in [2.05, 4.69) is 15.0 Å². The second kappa shape index (κ2) is 4.36. The van der Waals surface area contributed by atoms with E-state index < -0.39 is 11.5 Å². The summed E-state index contributed by atoms with van der Waals surface area (Å²) < 4.78 is 1.29. The molecule has 7 heteroatoms. The van der Waals surface area contributed by atoms with Crippen molar-refractivity contribution in [3.05, 3.63) is 28.4 Å². The van der Waals surface area contributed by atoms with Crippen LogP contribution in [0.15, 0.2) is 22.3 Å². The molecule has 0 saturated heterocycles. The van der Waals surface area contributed by atoms with E-state index >= 15 is 0 Å². The Morgan fingerprint density at radius 2 is 2.33 bits per heavy atom. The lowest BCUT2D eigenvalue weighted by Gasteiger charge is -2.00. The van der Waals surface area contributed by atoms with Gasteiger partial charge in [0.05, 0.1) is 0 Å². The van der Waals surface area contributed by atoms with Crippen molar-refractivity contribution in [1.82, 2.24) is 9.55 Å². The molecule has 0 aliphatic rings. The second-order valence-electron chi connectivity index (χ2n) is 2.75. The molecule has 0 unspecified atom stereocenters. The number of nitrogens with two attached hydrogens (primary N) is 1. The third kappa shape index (κ3) is 2.63. The Morgan fingerprint density at radius 3 is 2.93 bits per heavy atom. The lowest BCUT2D eigenvalue weighted by molar-refractivity contribution is -0.140. The fourth-order valence-corrected chi connectivity index (χ4v) is 0.830. The third-order valence-corrected chi connectivity index (χ3v) is 1.53. The lowest BCUT2D eigenvalue weighted by Crippen LogP contribution is -2.30. The largest absolute Gasteiger partial charge is 0.379 e. The molecule has 0 aromatic carbocycles. The van der Waals surface area contributed by atoms with E-state index in [-0.39, 0.29) is 11.5 Å². The van der Waals surface area contributed by atoms with Gasteiger partial charge in [-0.1, -0.05) is 5.16 Å². The molecule has 1 rings (SSSR count). The molecule has 0 radical (unpaired) electrons. The number of nitrogens with zero attached hydrogens (tertiary/aromatic N) is 3. The third-order valence-electron chi connectivity index (χ3n) is 1.53. The molecule has 7 nitrogen and oxygen atoms in total. The smallest absolute Gasteiger partial charge is 0.332 e. The molecule has 0 atom stereocenters. The second-order valence-corrected chi connectivity index (χ2v) is 2.75. The van der Waals surface area contributed by atoms with E-state index in [9.17, 15) is 9.59 Å². The average Bonchev–Trinajstić information content (AvgIpc) is 2.18. The molecule has 0 fully saturated rings. The van der Waals surface area contributed by atoms with Gasteiger partial charge in [0.15, 0.2) is 11.5 Å². The number of aromatic nitrogens is 2. The van der Waals surface area contributed by atoms with Crippen LogP contribution in [-0.4, -0.2) is 21.4 Å². The van der Waals surface area contributed by atoms with Gasteiger partial charge in [-0.2, -0.15) is 0 Å². The highest BCUT2D eigenvalue weighted by Crippen LogP contribution is 1.87. The van der Waals surface area contributed by atoms with E-state index in [4.69, 9.17) is 5.73 Å². The Morgan fingerprint density at radius 1 is 1.67 bits per heavy atom. The minimum Gasteiger partial charge on any atom is -0.379 e. The molecule has 80 valence electrons. The van der Waals surface area contributed by atoms with Crippen LogP contribution in [-0.2, 0) is 16.7 Å². The molecule has 0 amide bonds. The Bertz CT molecular complexity index is 463. The van der Waals surface area contributed by atoms with Gasteiger partial charge in [-0.25, -0.2) is 9.78 Å². The number of oxime groups is 1. The summed E-state index contributed by atoms with van der Waals surface area (Å²) in [7, 11) is 1.55. The first-order valence-electron chi connectivity index (χ1n) is 4.05. The summed E-state index contributed by atoms with van der Waals surface area (Å²) in [5.74, 6) is -0.850. The summed E-state index contributed by atoms with van der Waals surface area (Å²) in [6.45, 7) is 1.17. The fraction of sp³-hybridized carbons (Fsp3) is 0.250. The van der Waals surface area contributed by atoms with Gasteiger partial charge in [-0.15, -0.1) is 0 Å². The molecule has 0 aliphatic heterocycles. The van der Waals surface area contributed by atoms with Crippen LogP contribution in [0, 0.1) is 0 Å². The molecule has 0 bridgehead atoms. The number of rotatable bonds is 2. The number of carbonyl (C=O) groups excluding carboxylic acids is 1. The zero-order chi connectivity index (χ0) is 11.4. The van der Waals surface area contributed by atoms with E-state index in [1.807, 2.05) is 0 Å². The van der Waals surface area contributed by atoms with Crippen LogP contribution in [0.3, 0.4) is 0 Å². The molecular formula is C8H10N4O3. The van der Waals surface area contributed by atoms with Crippen LogP contribution in [0.1, 0.15) is 12.6 Å². The maximum absolute atomic E-state index is 11.5. The van der Waals surface area contributed by atoms with Crippen molar-refractivity contribution < 1.29 is 9.63 Å². The summed E-state index contributed by atoms with van der Waals surface area (Å²) in [5.41, 5.74) is 4.94. The molecular weight excluding hydrogens is 200 g/mol. The fourth-order valence-electron chi connectivity index (χ4n) is 0.830. The van der Waals surface area contributed by atoms with Crippen LogP contribution in [0.4, 0.5) is 0 Å². The van der Waals surface area contributed by atoms with Gasteiger partial charge in [-0.05, 0) is 0 Å². The maximum atomic E-state index is 11.5. The van der Waals surface area contributed by atoms with E-state index in [0.717, 1.165) is 0 Å². The minimum atomic E-state index is -0.620. The molecule has 1 aromatic heterocycles. The molecule has 1 aromatic rings. The average molecular weight is 210 g/mol. The molecule has 2 N–H and O–H groups in total. The van der Waals surface area contributed by atoms with Gasteiger partial charge in [0.2, 0.25) is 0 Å². The van der Waals surface area contributed by atoms with Crippen LogP contribution >= 0.6 is 0 Å². The Hall–Kier alpha value is -2.18. The summed E-state index contributed by atoms with van der Waals surface area (Å²) in [5, 5.41) is 3.26. The standard InChI is InChI=1S/C8H10N4O3/c1-5(13)15-11-7(9)6-8(14)12(2)4-3-10-6/h3-4H,1-2H3,(H2,9,11). The summed E-state index contributed by atoms with van der Waals surface area (Å²) in [4.78, 5) is 29.9. The highest BCUT2D eigenvalue weighted by Gasteiger charge is 2.08. The minimum absolute atomic E-state index is 0.0544. The predicted octanol–water partition coefficient (Wildman–Crippen LogP) is -1.04. The van der Waals surface area contributed by atoms with Gasteiger partial charge < -0.3 is 15.1 Å². The molecule has 0 aliphatic carbocycles. The lowest BCUT2D eigenvalue weighted by atomic mass is 10.4. The first-order chi connectivity index (χ1) is 7.02. The van der Waals surface area contributed by atoms with E-state index in [1.54, 1.807) is 7.05 Å². The van der Waals surface area contributed by atoms with Gasteiger partial charge in [0, 0.05) is 26.4 Å². The first-order valence-corrected chi connectivity index (χ1v) is 4.05. The van der Waals surface area contributed by atoms with Gasteiger partial charge in [0.1, 0.15) is 0 Å². The zero-order valence-electron chi connectivity index (χ0n) is 8.30. The number of hydrogen-bond donors (Lipinski definition) is 1. The van der Waals surface area contributed by atoms with Crippen molar-refractivity contribution in [1.29, 1.82) is 0 Å².